The number of hydrogen-bond donors (Lipinski definition) is 1. The molecule has 22 heavy (non-hydrogen) atoms. The van der Waals surface area contributed by atoms with Crippen LogP contribution in [-0.2, 0) is 6.54 Å². The number of nitrogens with two attached hydrogens (primary N) is 1. The van der Waals surface area contributed by atoms with Crippen molar-refractivity contribution in [3.63, 3.8) is 0 Å². The van der Waals surface area contributed by atoms with Crippen molar-refractivity contribution in [3.05, 3.63) is 47.7 Å². The molecule has 1 aromatic heterocycles. The van der Waals surface area contributed by atoms with Gasteiger partial charge in [-0.3, -0.25) is 4.68 Å². The molecule has 0 bridgehead atoms. The van der Waals surface area contributed by atoms with Crippen molar-refractivity contribution in [2.24, 2.45) is 5.73 Å². The molecule has 2 aromatic rings. The van der Waals surface area contributed by atoms with Crippen molar-refractivity contribution in [1.82, 2.24) is 9.78 Å². The van der Waals surface area contributed by atoms with E-state index in [2.05, 4.69) is 11.2 Å². The maximum Gasteiger partial charge on any atom is 0.114 e. The predicted octanol–water partition coefficient (Wildman–Crippen LogP) is 2.66. The second-order valence-corrected chi connectivity index (χ2v) is 4.94. The van der Waals surface area contributed by atoms with Crippen LogP contribution in [0, 0.1) is 22.7 Å². The molecule has 0 saturated heterocycles. The number of nitrogens with zero attached hydrogens (tertiary/aromatic N) is 4. The fourth-order valence-corrected chi connectivity index (χ4v) is 2.06. The molecular formula is C16H13N5S. The van der Waals surface area contributed by atoms with Crippen LogP contribution in [-0.4, -0.2) is 14.8 Å². The fraction of sp³-hybridized carbons (Fsp3) is 0.125. The van der Waals surface area contributed by atoms with E-state index in [1.807, 2.05) is 36.4 Å². The molecule has 2 rings (SSSR count). The summed E-state index contributed by atoms with van der Waals surface area (Å²) in [5.74, 6) is 0. The summed E-state index contributed by atoms with van der Waals surface area (Å²) in [5, 5.41) is 22.3. The van der Waals surface area contributed by atoms with E-state index in [-0.39, 0.29) is 10.6 Å². The highest BCUT2D eigenvalue weighted by atomic mass is 32.1. The van der Waals surface area contributed by atoms with Crippen LogP contribution in [0.4, 0.5) is 0 Å². The van der Waals surface area contributed by atoms with Crippen LogP contribution in [0.5, 0.6) is 0 Å². The third-order valence-corrected chi connectivity index (χ3v) is 3.20. The summed E-state index contributed by atoms with van der Waals surface area (Å²) in [6, 6.07) is 13.7. The Morgan fingerprint density at radius 2 is 2.05 bits per heavy atom. The first-order valence-corrected chi connectivity index (χ1v) is 6.98. The molecule has 0 aliphatic carbocycles. The Balaban J connectivity index is 2.52. The molecule has 0 radical (unpaired) electrons. The van der Waals surface area contributed by atoms with Gasteiger partial charge in [-0.05, 0) is 6.08 Å². The lowest BCUT2D eigenvalue weighted by Crippen LogP contribution is -2.09. The molecule has 5 nitrogen and oxygen atoms in total. The van der Waals surface area contributed by atoms with E-state index < -0.39 is 0 Å². The molecule has 108 valence electrons. The summed E-state index contributed by atoms with van der Waals surface area (Å²) < 4.78 is 1.69. The molecular weight excluding hydrogens is 294 g/mol. The molecule has 2 N–H and O–H groups in total. The van der Waals surface area contributed by atoms with E-state index in [0.29, 0.717) is 13.0 Å². The van der Waals surface area contributed by atoms with Crippen LogP contribution in [0.1, 0.15) is 12.0 Å². The molecule has 6 heteroatoms. The lowest BCUT2D eigenvalue weighted by molar-refractivity contribution is 0.629. The van der Waals surface area contributed by atoms with Gasteiger partial charge >= 0.3 is 0 Å². The molecule has 0 aliphatic heterocycles. The number of nitriles is 2. The number of hydrogen-bond acceptors (Lipinski definition) is 4. The van der Waals surface area contributed by atoms with Crippen LogP contribution >= 0.6 is 12.2 Å². The number of rotatable bonds is 5. The van der Waals surface area contributed by atoms with Crippen LogP contribution < -0.4 is 5.73 Å². The van der Waals surface area contributed by atoms with Crippen molar-refractivity contribution in [3.8, 4) is 23.4 Å². The maximum atomic E-state index is 9.11. The Bertz CT molecular complexity index is 790. The Labute approximate surface area is 133 Å². The zero-order valence-corrected chi connectivity index (χ0v) is 12.5. The smallest absolute Gasteiger partial charge is 0.114 e. The van der Waals surface area contributed by atoms with E-state index in [1.54, 1.807) is 17.0 Å². The van der Waals surface area contributed by atoms with Crippen LogP contribution in [0.25, 0.3) is 17.3 Å². The molecule has 0 spiro atoms. The van der Waals surface area contributed by atoms with Crippen LogP contribution in [0.3, 0.4) is 0 Å². The summed E-state index contributed by atoms with van der Waals surface area (Å²) in [4.78, 5) is 0.0475. The molecule has 0 unspecified atom stereocenters. The highest BCUT2D eigenvalue weighted by Crippen LogP contribution is 2.24. The van der Waals surface area contributed by atoms with Gasteiger partial charge in [-0.25, -0.2) is 0 Å². The van der Waals surface area contributed by atoms with E-state index >= 15 is 0 Å². The van der Waals surface area contributed by atoms with Crippen LogP contribution in [0.2, 0.25) is 0 Å². The lowest BCUT2D eigenvalue weighted by atomic mass is 10.1. The molecule has 0 aliphatic rings. The van der Waals surface area contributed by atoms with Gasteiger partial charge in [0.15, 0.2) is 0 Å². The minimum absolute atomic E-state index is 0.0475. The van der Waals surface area contributed by atoms with Crippen molar-refractivity contribution >= 4 is 23.3 Å². The third kappa shape index (κ3) is 3.57. The summed E-state index contributed by atoms with van der Waals surface area (Å²) >= 11 is 4.87. The van der Waals surface area contributed by atoms with Gasteiger partial charge in [0.05, 0.1) is 30.3 Å². The number of benzene rings is 1. The zero-order chi connectivity index (χ0) is 15.9. The van der Waals surface area contributed by atoms with Gasteiger partial charge in [0.1, 0.15) is 11.1 Å². The van der Waals surface area contributed by atoms with Gasteiger partial charge in [0, 0.05) is 17.3 Å². The number of aryl methyl sites for hydroxylation is 1. The summed E-state index contributed by atoms with van der Waals surface area (Å²) in [7, 11) is 0. The standard InChI is InChI=1S/C16H13N5S/c17-7-4-8-21-11-14(9-13(10-18)16(19)22)15(20-21)12-5-2-1-3-6-12/h1-3,5-6,9,11H,4,8H2,(H2,19,22)/b13-9+. The predicted molar refractivity (Wildman–Crippen MR) is 88.3 cm³/mol. The van der Waals surface area contributed by atoms with Crippen molar-refractivity contribution in [1.29, 1.82) is 10.5 Å². The van der Waals surface area contributed by atoms with Gasteiger partial charge in [-0.15, -0.1) is 0 Å². The average Bonchev–Trinajstić information content (AvgIpc) is 2.94. The Hall–Kier alpha value is -2.96. The van der Waals surface area contributed by atoms with Crippen molar-refractivity contribution in [2.75, 3.05) is 0 Å². The fourth-order valence-electron chi connectivity index (χ4n) is 1.96. The molecule has 1 aromatic carbocycles. The van der Waals surface area contributed by atoms with Crippen LogP contribution in [0.15, 0.2) is 42.1 Å². The average molecular weight is 307 g/mol. The minimum Gasteiger partial charge on any atom is -0.389 e. The minimum atomic E-state index is 0.0475. The maximum absolute atomic E-state index is 9.11. The zero-order valence-electron chi connectivity index (χ0n) is 11.7. The third-order valence-electron chi connectivity index (χ3n) is 2.98. The Morgan fingerprint density at radius 3 is 2.64 bits per heavy atom. The lowest BCUT2D eigenvalue weighted by Gasteiger charge is -1.99. The molecule has 0 saturated carbocycles. The molecule has 0 fully saturated rings. The monoisotopic (exact) mass is 307 g/mol. The first-order chi connectivity index (χ1) is 10.7. The normalized spacial score (nSPS) is 10.7. The largest absolute Gasteiger partial charge is 0.389 e. The number of thiocarbonyl (C=S) groups is 1. The highest BCUT2D eigenvalue weighted by Gasteiger charge is 2.11. The quantitative estimate of drug-likeness (QED) is 0.521. The summed E-state index contributed by atoms with van der Waals surface area (Å²) in [6.07, 6.45) is 3.77. The van der Waals surface area contributed by atoms with E-state index in [4.69, 9.17) is 28.5 Å². The highest BCUT2D eigenvalue weighted by molar-refractivity contribution is 7.80. The molecule has 1 heterocycles. The van der Waals surface area contributed by atoms with Crippen molar-refractivity contribution < 1.29 is 0 Å². The van der Waals surface area contributed by atoms with Gasteiger partial charge in [-0.2, -0.15) is 15.6 Å². The van der Waals surface area contributed by atoms with Gasteiger partial charge in [0.25, 0.3) is 0 Å². The van der Waals surface area contributed by atoms with Gasteiger partial charge in [-0.1, -0.05) is 42.5 Å². The molecule has 0 atom stereocenters. The van der Waals surface area contributed by atoms with E-state index in [9.17, 15) is 0 Å². The van der Waals surface area contributed by atoms with Gasteiger partial charge in [0.2, 0.25) is 0 Å². The first kappa shape index (κ1) is 15.4. The topological polar surface area (TPSA) is 91.4 Å². The first-order valence-electron chi connectivity index (χ1n) is 6.57. The number of aromatic nitrogens is 2. The Kier molecular flexibility index (Phi) is 5.02. The van der Waals surface area contributed by atoms with E-state index in [1.165, 1.54) is 0 Å². The molecule has 0 amide bonds. The van der Waals surface area contributed by atoms with Crippen molar-refractivity contribution in [2.45, 2.75) is 13.0 Å². The second-order valence-electron chi connectivity index (χ2n) is 4.50. The SMILES string of the molecule is N#CCCn1cc(/C=C(\C#N)C(N)=S)c(-c2ccccc2)n1. The summed E-state index contributed by atoms with van der Waals surface area (Å²) in [5.41, 5.74) is 8.16. The Morgan fingerprint density at radius 1 is 1.32 bits per heavy atom. The van der Waals surface area contributed by atoms with E-state index in [0.717, 1.165) is 16.8 Å². The second kappa shape index (κ2) is 7.16. The van der Waals surface area contributed by atoms with Gasteiger partial charge < -0.3 is 5.73 Å². The summed E-state index contributed by atoms with van der Waals surface area (Å²) in [6.45, 7) is 0.485.